The highest BCUT2D eigenvalue weighted by atomic mass is 35.5. The number of hydrogen-bond acceptors (Lipinski definition) is 8. The number of nitrogens with one attached hydrogen (secondary N) is 2. The van der Waals surface area contributed by atoms with Gasteiger partial charge in [0, 0.05) is 25.2 Å². The average Bonchev–Trinajstić information content (AvgIpc) is 3.46. The molecule has 1 aliphatic heterocycles. The Morgan fingerprint density at radius 3 is 2.76 bits per heavy atom. The Labute approximate surface area is 228 Å². The maximum absolute atomic E-state index is 12.2. The first kappa shape index (κ1) is 25.4. The summed E-state index contributed by atoms with van der Waals surface area (Å²) in [4.78, 5) is 23.8. The van der Waals surface area contributed by atoms with Gasteiger partial charge < -0.3 is 25.8 Å². The molecule has 5 atom stereocenters. The van der Waals surface area contributed by atoms with Gasteiger partial charge in [-0.1, -0.05) is 29.8 Å². The summed E-state index contributed by atoms with van der Waals surface area (Å²) in [5.41, 5.74) is 9.14. The number of rotatable bonds is 7. The molecule has 0 radical (unpaired) electrons. The lowest BCUT2D eigenvalue weighted by Crippen LogP contribution is -2.43. The lowest BCUT2D eigenvalue weighted by molar-refractivity contribution is -0.122. The van der Waals surface area contributed by atoms with Gasteiger partial charge in [-0.15, -0.1) is 0 Å². The Morgan fingerprint density at radius 2 is 1.97 bits per heavy atom. The molecule has 1 saturated carbocycles. The van der Waals surface area contributed by atoms with E-state index in [4.69, 9.17) is 26.8 Å². The molecule has 38 heavy (non-hydrogen) atoms. The number of methoxy groups -OCH3 is 1. The highest BCUT2D eigenvalue weighted by Crippen LogP contribution is 2.45. The van der Waals surface area contributed by atoms with E-state index in [0.29, 0.717) is 22.8 Å². The molecule has 4 N–H and O–H groups in total. The zero-order chi connectivity index (χ0) is 26.2. The third-order valence-corrected chi connectivity index (χ3v) is 8.96. The number of morpholine rings is 1. The van der Waals surface area contributed by atoms with Crippen molar-refractivity contribution in [3.05, 3.63) is 46.6 Å². The van der Waals surface area contributed by atoms with Crippen molar-refractivity contribution in [2.24, 2.45) is 23.5 Å². The largest absolute Gasteiger partial charge is 0.494 e. The number of halogens is 1. The van der Waals surface area contributed by atoms with Crippen molar-refractivity contribution in [3.63, 3.8) is 0 Å². The fraction of sp³-hybridized carbons (Fsp3) is 0.536. The minimum Gasteiger partial charge on any atom is -0.494 e. The number of aryl methyl sites for hydroxylation is 1. The summed E-state index contributed by atoms with van der Waals surface area (Å²) in [5, 5.41) is 7.15. The van der Waals surface area contributed by atoms with Crippen molar-refractivity contribution in [3.8, 4) is 5.75 Å². The minimum atomic E-state index is -0.298. The van der Waals surface area contributed by atoms with Crippen LogP contribution in [0.2, 0.25) is 5.02 Å². The number of carbonyl (C=O) groups excluding carboxylic acids is 1. The molecule has 2 heterocycles. The molecule has 0 unspecified atom stereocenters. The summed E-state index contributed by atoms with van der Waals surface area (Å²) in [6, 6.07) is 4.66. The number of fused-ring (bicyclic) bond motifs is 3. The van der Waals surface area contributed by atoms with Gasteiger partial charge >= 0.3 is 0 Å². The molecule has 1 saturated heterocycles. The Morgan fingerprint density at radius 1 is 1.18 bits per heavy atom. The van der Waals surface area contributed by atoms with E-state index in [1.165, 1.54) is 11.1 Å². The predicted octanol–water partition coefficient (Wildman–Crippen LogP) is 3.55. The molecule has 2 aromatic rings. The fourth-order valence-electron chi connectivity index (χ4n) is 6.81. The third-order valence-electron chi connectivity index (χ3n) is 8.68. The van der Waals surface area contributed by atoms with Crippen LogP contribution in [0.3, 0.4) is 0 Å². The number of nitrogens with zero attached hydrogens (tertiary/aromatic N) is 3. The molecule has 1 amide bonds. The van der Waals surface area contributed by atoms with E-state index in [1.54, 1.807) is 13.3 Å². The maximum atomic E-state index is 12.2. The maximum Gasteiger partial charge on any atom is 0.229 e. The summed E-state index contributed by atoms with van der Waals surface area (Å²) in [5.74, 6) is 1.55. The van der Waals surface area contributed by atoms with Crippen molar-refractivity contribution < 1.29 is 14.3 Å². The minimum absolute atomic E-state index is 0.135. The molecular formula is C28H35ClN6O3. The summed E-state index contributed by atoms with van der Waals surface area (Å²) in [6.45, 7) is 3.66. The molecular weight excluding hydrogens is 504 g/mol. The van der Waals surface area contributed by atoms with Gasteiger partial charge in [-0.25, -0.2) is 4.98 Å². The molecule has 2 bridgehead atoms. The second kappa shape index (κ2) is 10.7. The lowest BCUT2D eigenvalue weighted by Gasteiger charge is -2.34. The van der Waals surface area contributed by atoms with Crippen LogP contribution in [0.25, 0.3) is 0 Å². The second-order valence-electron chi connectivity index (χ2n) is 10.7. The van der Waals surface area contributed by atoms with Crippen molar-refractivity contribution in [1.29, 1.82) is 0 Å². The Bertz CT molecular complexity index is 1230. The van der Waals surface area contributed by atoms with Crippen LogP contribution in [-0.4, -0.2) is 66.3 Å². The van der Waals surface area contributed by atoms with Crippen LogP contribution in [0.4, 0.5) is 17.5 Å². The first-order valence-electron chi connectivity index (χ1n) is 13.6. The molecule has 1 aromatic carbocycles. The van der Waals surface area contributed by atoms with Gasteiger partial charge in [0.25, 0.3) is 0 Å². The Balaban J connectivity index is 1.21. The van der Waals surface area contributed by atoms with Crippen molar-refractivity contribution in [1.82, 2.24) is 14.9 Å². The van der Waals surface area contributed by atoms with E-state index in [0.717, 1.165) is 69.8 Å². The van der Waals surface area contributed by atoms with Crippen LogP contribution in [-0.2, 0) is 22.4 Å². The van der Waals surface area contributed by atoms with Crippen LogP contribution >= 0.6 is 11.6 Å². The van der Waals surface area contributed by atoms with Crippen LogP contribution in [0.15, 0.2) is 30.5 Å². The van der Waals surface area contributed by atoms with E-state index in [1.807, 2.05) is 6.07 Å². The smallest absolute Gasteiger partial charge is 0.229 e. The van der Waals surface area contributed by atoms with E-state index < -0.39 is 0 Å². The van der Waals surface area contributed by atoms with Crippen molar-refractivity contribution >= 4 is 35.0 Å². The summed E-state index contributed by atoms with van der Waals surface area (Å²) in [7, 11) is 1.72. The third kappa shape index (κ3) is 4.83. The van der Waals surface area contributed by atoms with E-state index in [2.05, 4.69) is 43.7 Å². The molecule has 0 spiro atoms. The topological polar surface area (TPSA) is 115 Å². The summed E-state index contributed by atoms with van der Waals surface area (Å²) < 4.78 is 11.5. The van der Waals surface area contributed by atoms with Gasteiger partial charge in [-0.2, -0.15) is 4.98 Å². The SMILES string of the molecule is COc1c(Nc2ncc(Cl)c(N[C@H]3[C@H](C(N)=O)[C@H]4C=C[C@H]3C4)n2)ccc2c1CC[C@H](N1CCOCC1)CC2. The number of nitrogens with two attached hydrogens (primary N) is 1. The quantitative estimate of drug-likeness (QED) is 0.362. The van der Waals surface area contributed by atoms with Gasteiger partial charge in [0.05, 0.1) is 38.1 Å². The van der Waals surface area contributed by atoms with Gasteiger partial charge in [0.1, 0.15) is 10.8 Å². The number of allylic oxidation sites excluding steroid dienone is 1. The normalized spacial score (nSPS) is 28.5. The summed E-state index contributed by atoms with van der Waals surface area (Å²) in [6.07, 6.45) is 11.0. The number of primary amides is 1. The monoisotopic (exact) mass is 538 g/mol. The van der Waals surface area contributed by atoms with Gasteiger partial charge in [0.15, 0.2) is 5.82 Å². The molecule has 4 aliphatic rings. The van der Waals surface area contributed by atoms with Crippen LogP contribution in [0.1, 0.15) is 30.4 Å². The zero-order valence-corrected chi connectivity index (χ0v) is 22.4. The second-order valence-corrected chi connectivity index (χ2v) is 11.1. The molecule has 202 valence electrons. The number of ether oxygens (including phenoxy) is 2. The number of anilines is 3. The number of hydrogen-bond donors (Lipinski definition) is 3. The number of benzene rings is 1. The Hall–Kier alpha value is -2.88. The molecule has 3 aliphatic carbocycles. The van der Waals surface area contributed by atoms with E-state index in [-0.39, 0.29) is 29.7 Å². The number of carbonyl (C=O) groups is 1. The van der Waals surface area contributed by atoms with Gasteiger partial charge in [0.2, 0.25) is 11.9 Å². The first-order valence-corrected chi connectivity index (χ1v) is 13.9. The Kier molecular flexibility index (Phi) is 7.16. The molecule has 1 aromatic heterocycles. The molecule has 9 nitrogen and oxygen atoms in total. The molecule has 2 fully saturated rings. The first-order chi connectivity index (χ1) is 18.5. The van der Waals surface area contributed by atoms with Crippen LogP contribution in [0.5, 0.6) is 5.75 Å². The lowest BCUT2D eigenvalue weighted by atomic mass is 9.88. The van der Waals surface area contributed by atoms with Gasteiger partial charge in [-0.05, 0) is 61.1 Å². The van der Waals surface area contributed by atoms with Crippen LogP contribution in [0, 0.1) is 17.8 Å². The molecule has 6 rings (SSSR count). The fourth-order valence-corrected chi connectivity index (χ4v) is 6.95. The number of aromatic nitrogens is 2. The number of amides is 1. The highest BCUT2D eigenvalue weighted by molar-refractivity contribution is 6.32. The van der Waals surface area contributed by atoms with Crippen molar-refractivity contribution in [2.45, 2.75) is 44.2 Å². The zero-order valence-electron chi connectivity index (χ0n) is 21.7. The summed E-state index contributed by atoms with van der Waals surface area (Å²) >= 11 is 6.47. The highest BCUT2D eigenvalue weighted by Gasteiger charge is 2.47. The van der Waals surface area contributed by atoms with Crippen LogP contribution < -0.4 is 21.1 Å². The predicted molar refractivity (Wildman–Crippen MR) is 147 cm³/mol. The average molecular weight is 539 g/mol. The molecule has 10 heteroatoms. The van der Waals surface area contributed by atoms with Crippen molar-refractivity contribution in [2.75, 3.05) is 44.0 Å². The van der Waals surface area contributed by atoms with Gasteiger partial charge in [-0.3, -0.25) is 9.69 Å². The standard InChI is InChI=1S/C28H35ClN6O3/c1-37-25-20-8-7-19(35-10-12-38-13-11-35)6-4-16(20)5-9-22(25)32-28-31-15-21(29)27(34-28)33-24-18-3-2-17(14-18)23(24)26(30)36/h2-3,5,9,15,17-19,23-24H,4,6-8,10-14H2,1H3,(H2,30,36)(H2,31,32,33,34)/t17-,18-,19+,23+,24+/m0/s1. The van der Waals surface area contributed by atoms with E-state index in [9.17, 15) is 4.79 Å². The van der Waals surface area contributed by atoms with E-state index >= 15 is 0 Å².